The third-order valence-corrected chi connectivity index (χ3v) is 3.06. The molecule has 0 amide bonds. The lowest BCUT2D eigenvalue weighted by molar-refractivity contribution is 0.313. The molecule has 2 rings (SSSR count). The first-order chi connectivity index (χ1) is 7.76. The van der Waals surface area contributed by atoms with E-state index in [0.29, 0.717) is 25.0 Å². The van der Waals surface area contributed by atoms with Crippen LogP contribution in [0.3, 0.4) is 0 Å². The second kappa shape index (κ2) is 6.22. The number of rotatable bonds is 5. The fourth-order valence-electron chi connectivity index (χ4n) is 2.04. The molecule has 0 aliphatic heterocycles. The van der Waals surface area contributed by atoms with Gasteiger partial charge in [0.2, 0.25) is 0 Å². The second-order valence-corrected chi connectivity index (χ2v) is 4.37. The third-order valence-electron chi connectivity index (χ3n) is 3.06. The van der Waals surface area contributed by atoms with Gasteiger partial charge in [-0.25, -0.2) is 4.39 Å². The standard InChI is InChI=1S/C13H18FNO.ClH/c1-2-5-16-13-4-3-10(14)7-12(13)11-6-9(11)8-15;/h3-4,7,9,11H,2,5-6,8,15H2,1H3;1H/t9-,11+;/m0./s1. The summed E-state index contributed by atoms with van der Waals surface area (Å²) in [6.07, 6.45) is 2.02. The first-order valence-corrected chi connectivity index (χ1v) is 5.88. The molecule has 4 heteroatoms. The van der Waals surface area contributed by atoms with Crippen molar-refractivity contribution < 1.29 is 9.13 Å². The van der Waals surface area contributed by atoms with Crippen molar-refractivity contribution in [3.8, 4) is 5.75 Å². The summed E-state index contributed by atoms with van der Waals surface area (Å²) in [4.78, 5) is 0. The molecule has 0 radical (unpaired) electrons. The largest absolute Gasteiger partial charge is 0.493 e. The van der Waals surface area contributed by atoms with Crippen molar-refractivity contribution in [3.63, 3.8) is 0 Å². The molecule has 1 aliphatic rings. The number of halogens is 2. The highest BCUT2D eigenvalue weighted by Gasteiger charge is 2.38. The summed E-state index contributed by atoms with van der Waals surface area (Å²) in [6, 6.07) is 4.77. The Morgan fingerprint density at radius 3 is 2.82 bits per heavy atom. The van der Waals surface area contributed by atoms with Gasteiger partial charge in [0.25, 0.3) is 0 Å². The molecule has 96 valence electrons. The van der Waals surface area contributed by atoms with Gasteiger partial charge in [-0.2, -0.15) is 0 Å². The maximum atomic E-state index is 13.2. The SMILES string of the molecule is CCCOc1ccc(F)cc1[C@@H]1C[C@H]1CN.Cl. The summed E-state index contributed by atoms with van der Waals surface area (Å²) in [5, 5.41) is 0. The minimum absolute atomic E-state index is 0. The molecule has 0 spiro atoms. The summed E-state index contributed by atoms with van der Waals surface area (Å²) < 4.78 is 18.8. The van der Waals surface area contributed by atoms with Crippen LogP contribution in [-0.2, 0) is 0 Å². The fourth-order valence-corrected chi connectivity index (χ4v) is 2.04. The topological polar surface area (TPSA) is 35.2 Å². The van der Waals surface area contributed by atoms with E-state index in [9.17, 15) is 4.39 Å². The summed E-state index contributed by atoms with van der Waals surface area (Å²) in [6.45, 7) is 3.41. The van der Waals surface area contributed by atoms with Crippen LogP contribution in [-0.4, -0.2) is 13.2 Å². The molecule has 0 bridgehead atoms. The van der Waals surface area contributed by atoms with E-state index >= 15 is 0 Å². The molecule has 1 fully saturated rings. The van der Waals surface area contributed by atoms with Crippen molar-refractivity contribution in [1.82, 2.24) is 0 Å². The minimum atomic E-state index is -0.193. The summed E-state index contributed by atoms with van der Waals surface area (Å²) in [7, 11) is 0. The molecular weight excluding hydrogens is 241 g/mol. The van der Waals surface area contributed by atoms with Crippen LogP contribution in [0.4, 0.5) is 4.39 Å². The van der Waals surface area contributed by atoms with Crippen LogP contribution in [0.15, 0.2) is 18.2 Å². The lowest BCUT2D eigenvalue weighted by Gasteiger charge is -2.10. The number of hydrogen-bond donors (Lipinski definition) is 1. The Balaban J connectivity index is 0.00000144. The number of ether oxygens (including phenoxy) is 1. The van der Waals surface area contributed by atoms with Crippen molar-refractivity contribution in [2.24, 2.45) is 11.7 Å². The Bertz CT molecular complexity index is 372. The summed E-state index contributed by atoms with van der Waals surface area (Å²) in [5.74, 6) is 1.53. The highest BCUT2D eigenvalue weighted by Crippen LogP contribution is 2.49. The highest BCUT2D eigenvalue weighted by atomic mass is 35.5. The molecule has 1 aromatic rings. The van der Waals surface area contributed by atoms with Gasteiger partial charge in [0.15, 0.2) is 0 Å². The van der Waals surface area contributed by atoms with Crippen molar-refractivity contribution in [2.45, 2.75) is 25.7 Å². The molecule has 0 saturated heterocycles. The molecule has 0 unspecified atom stereocenters. The average molecular weight is 260 g/mol. The normalized spacial score (nSPS) is 21.8. The van der Waals surface area contributed by atoms with E-state index in [-0.39, 0.29) is 18.2 Å². The van der Waals surface area contributed by atoms with E-state index in [1.165, 1.54) is 6.07 Å². The zero-order valence-electron chi connectivity index (χ0n) is 9.99. The van der Waals surface area contributed by atoms with E-state index in [0.717, 1.165) is 24.2 Å². The van der Waals surface area contributed by atoms with Gasteiger partial charge in [0, 0.05) is 5.56 Å². The zero-order valence-corrected chi connectivity index (χ0v) is 10.8. The van der Waals surface area contributed by atoms with Gasteiger partial charge in [-0.3, -0.25) is 0 Å². The predicted octanol–water partition coefficient (Wildman–Crippen LogP) is 3.10. The molecule has 17 heavy (non-hydrogen) atoms. The van der Waals surface area contributed by atoms with Crippen LogP contribution in [0, 0.1) is 11.7 Å². The Hall–Kier alpha value is -0.800. The summed E-state index contributed by atoms with van der Waals surface area (Å²) in [5.41, 5.74) is 6.60. The Morgan fingerprint density at radius 1 is 1.47 bits per heavy atom. The second-order valence-electron chi connectivity index (χ2n) is 4.37. The third kappa shape index (κ3) is 3.33. The van der Waals surface area contributed by atoms with Gasteiger partial charge in [-0.1, -0.05) is 6.92 Å². The highest BCUT2D eigenvalue weighted by molar-refractivity contribution is 5.85. The van der Waals surface area contributed by atoms with Crippen LogP contribution in [0.2, 0.25) is 0 Å². The van der Waals surface area contributed by atoms with Crippen LogP contribution >= 0.6 is 12.4 Å². The first kappa shape index (κ1) is 14.3. The lowest BCUT2D eigenvalue weighted by Crippen LogP contribution is -2.04. The van der Waals surface area contributed by atoms with Crippen LogP contribution in [0.1, 0.15) is 31.2 Å². The molecule has 1 aromatic carbocycles. The van der Waals surface area contributed by atoms with Crippen molar-refractivity contribution in [1.29, 1.82) is 0 Å². The molecule has 0 heterocycles. The van der Waals surface area contributed by atoms with Crippen molar-refractivity contribution >= 4 is 12.4 Å². The van der Waals surface area contributed by atoms with Gasteiger partial charge >= 0.3 is 0 Å². The van der Waals surface area contributed by atoms with Crippen molar-refractivity contribution in [2.75, 3.05) is 13.2 Å². The van der Waals surface area contributed by atoms with E-state index in [1.807, 2.05) is 0 Å². The van der Waals surface area contributed by atoms with Gasteiger partial charge in [0.1, 0.15) is 11.6 Å². The van der Waals surface area contributed by atoms with E-state index < -0.39 is 0 Å². The number of benzene rings is 1. The molecule has 1 saturated carbocycles. The van der Waals surface area contributed by atoms with E-state index in [4.69, 9.17) is 10.5 Å². The van der Waals surface area contributed by atoms with Gasteiger partial charge in [-0.05, 0) is 49.4 Å². The van der Waals surface area contributed by atoms with Crippen LogP contribution in [0.25, 0.3) is 0 Å². The van der Waals surface area contributed by atoms with Gasteiger partial charge in [0.05, 0.1) is 6.61 Å². The smallest absolute Gasteiger partial charge is 0.123 e. The van der Waals surface area contributed by atoms with Crippen LogP contribution < -0.4 is 10.5 Å². The van der Waals surface area contributed by atoms with E-state index in [2.05, 4.69) is 6.92 Å². The first-order valence-electron chi connectivity index (χ1n) is 5.88. The molecule has 2 N–H and O–H groups in total. The maximum absolute atomic E-state index is 13.2. The number of nitrogens with two attached hydrogens (primary N) is 1. The molecule has 1 aliphatic carbocycles. The molecule has 2 nitrogen and oxygen atoms in total. The predicted molar refractivity (Wildman–Crippen MR) is 69.3 cm³/mol. The molecule has 2 atom stereocenters. The van der Waals surface area contributed by atoms with E-state index in [1.54, 1.807) is 12.1 Å². The van der Waals surface area contributed by atoms with Crippen LogP contribution in [0.5, 0.6) is 5.75 Å². The molecule has 0 aromatic heterocycles. The van der Waals surface area contributed by atoms with Gasteiger partial charge in [-0.15, -0.1) is 12.4 Å². The Kier molecular flexibility index (Phi) is 5.22. The Morgan fingerprint density at radius 2 is 2.24 bits per heavy atom. The average Bonchev–Trinajstić information content (AvgIpc) is 3.06. The lowest BCUT2D eigenvalue weighted by atomic mass is 10.1. The number of hydrogen-bond acceptors (Lipinski definition) is 2. The zero-order chi connectivity index (χ0) is 11.5. The van der Waals surface area contributed by atoms with Gasteiger partial charge < -0.3 is 10.5 Å². The summed E-state index contributed by atoms with van der Waals surface area (Å²) >= 11 is 0. The minimum Gasteiger partial charge on any atom is -0.493 e. The monoisotopic (exact) mass is 259 g/mol. The fraction of sp³-hybridized carbons (Fsp3) is 0.538. The quantitative estimate of drug-likeness (QED) is 0.882. The van der Waals surface area contributed by atoms with Crippen molar-refractivity contribution in [3.05, 3.63) is 29.6 Å². The molecular formula is C13H19ClFNO. The maximum Gasteiger partial charge on any atom is 0.123 e. The Labute approximate surface area is 108 Å².